The van der Waals surface area contributed by atoms with Gasteiger partial charge in [-0.3, -0.25) is 0 Å². The number of thiophene rings is 1. The summed E-state index contributed by atoms with van der Waals surface area (Å²) in [6.45, 7) is 0. The van der Waals surface area contributed by atoms with Gasteiger partial charge in [-0.2, -0.15) is 0 Å². The molecule has 0 bridgehead atoms. The lowest BCUT2D eigenvalue weighted by molar-refractivity contribution is 0.670. The van der Waals surface area contributed by atoms with Gasteiger partial charge >= 0.3 is 0 Å². The normalized spacial score (nSPS) is 11.5. The first-order chi connectivity index (χ1) is 25.3. The third-order valence-corrected chi connectivity index (χ3v) is 11.1. The Bertz CT molecular complexity index is 2840. The SMILES string of the molecule is c1ccc(-c2ccc(N(c3ccc(-c4ccccc4)c4c3sc3ccccc34)c3ccc(-c4ccccc4)c4oc5ccccc5c34)cc2)cc1. The van der Waals surface area contributed by atoms with E-state index in [0.29, 0.717) is 0 Å². The zero-order valence-electron chi connectivity index (χ0n) is 27.7. The minimum atomic E-state index is 0.878. The Hall–Kier alpha value is -6.42. The van der Waals surface area contributed by atoms with Crippen LogP contribution in [0.5, 0.6) is 0 Å². The van der Waals surface area contributed by atoms with E-state index < -0.39 is 0 Å². The summed E-state index contributed by atoms with van der Waals surface area (Å²) in [5, 5.41) is 4.75. The number of para-hydroxylation sites is 1. The maximum atomic E-state index is 6.77. The van der Waals surface area contributed by atoms with E-state index in [1.165, 1.54) is 42.4 Å². The first-order valence-electron chi connectivity index (χ1n) is 17.3. The third-order valence-electron chi connectivity index (χ3n) is 9.89. The number of nitrogens with zero attached hydrogens (tertiary/aromatic N) is 1. The molecule has 0 aliphatic rings. The van der Waals surface area contributed by atoms with Gasteiger partial charge in [-0.25, -0.2) is 0 Å². The standard InChI is InChI=1S/C48H31NOS/c1-4-14-32(15-5-1)33-24-26-36(27-25-33)49(41-30-29-38(35-18-8-3-9-19-35)47-46(41)39-20-10-12-22-43(39)50-47)42-31-28-37(34-16-6-2-7-17-34)45-40-21-11-13-23-44(40)51-48(42)45/h1-31H. The van der Waals surface area contributed by atoms with Crippen molar-refractivity contribution < 1.29 is 4.42 Å². The molecular weight excluding hydrogens is 639 g/mol. The predicted molar refractivity (Wildman–Crippen MR) is 218 cm³/mol. The molecule has 0 unspecified atom stereocenters. The Morgan fingerprint density at radius 3 is 1.67 bits per heavy atom. The lowest BCUT2D eigenvalue weighted by Gasteiger charge is -2.28. The fraction of sp³-hybridized carbons (Fsp3) is 0. The van der Waals surface area contributed by atoms with E-state index in [9.17, 15) is 0 Å². The van der Waals surface area contributed by atoms with Gasteiger partial charge in [0.15, 0.2) is 0 Å². The Balaban J connectivity index is 1.29. The molecule has 10 rings (SSSR count). The van der Waals surface area contributed by atoms with Gasteiger partial charge in [0, 0.05) is 32.1 Å². The molecule has 2 nitrogen and oxygen atoms in total. The molecule has 0 radical (unpaired) electrons. The van der Waals surface area contributed by atoms with E-state index >= 15 is 0 Å². The highest BCUT2D eigenvalue weighted by Crippen LogP contribution is 2.51. The number of benzene rings is 8. The monoisotopic (exact) mass is 669 g/mol. The van der Waals surface area contributed by atoms with Gasteiger partial charge < -0.3 is 9.32 Å². The van der Waals surface area contributed by atoms with E-state index in [1.807, 2.05) is 11.3 Å². The van der Waals surface area contributed by atoms with Crippen LogP contribution in [0.25, 0.3) is 75.5 Å². The zero-order valence-corrected chi connectivity index (χ0v) is 28.5. The smallest absolute Gasteiger partial charge is 0.145 e. The molecule has 0 N–H and O–H groups in total. The fourth-order valence-electron chi connectivity index (χ4n) is 7.53. The molecule has 0 amide bonds. The van der Waals surface area contributed by atoms with Gasteiger partial charge in [-0.05, 0) is 70.3 Å². The first kappa shape index (κ1) is 29.5. The maximum Gasteiger partial charge on any atom is 0.145 e. The highest BCUT2D eigenvalue weighted by molar-refractivity contribution is 7.26. The zero-order chi connectivity index (χ0) is 33.7. The van der Waals surface area contributed by atoms with Gasteiger partial charge in [0.2, 0.25) is 0 Å². The van der Waals surface area contributed by atoms with E-state index in [1.54, 1.807) is 0 Å². The third kappa shape index (κ3) is 4.93. The summed E-state index contributed by atoms with van der Waals surface area (Å²) in [4.78, 5) is 2.44. The van der Waals surface area contributed by atoms with Gasteiger partial charge in [-0.15, -0.1) is 11.3 Å². The van der Waals surface area contributed by atoms with Crippen LogP contribution >= 0.6 is 11.3 Å². The summed E-state index contributed by atoms with van der Waals surface area (Å²) >= 11 is 1.86. The van der Waals surface area contributed by atoms with Crippen LogP contribution in [0.4, 0.5) is 17.1 Å². The molecule has 0 atom stereocenters. The van der Waals surface area contributed by atoms with E-state index in [0.717, 1.165) is 50.1 Å². The summed E-state index contributed by atoms with van der Waals surface area (Å²) in [6, 6.07) is 67.2. The summed E-state index contributed by atoms with van der Waals surface area (Å²) in [5.41, 5.74) is 12.1. The van der Waals surface area contributed by atoms with Crippen molar-refractivity contribution >= 4 is 70.5 Å². The molecule has 2 heterocycles. The molecule has 0 fully saturated rings. The lowest BCUT2D eigenvalue weighted by atomic mass is 9.97. The highest BCUT2D eigenvalue weighted by atomic mass is 32.1. The summed E-state index contributed by atoms with van der Waals surface area (Å²) in [5.74, 6) is 0. The quantitative estimate of drug-likeness (QED) is 0.175. The van der Waals surface area contributed by atoms with Crippen LogP contribution in [0.3, 0.4) is 0 Å². The molecule has 0 spiro atoms. The minimum Gasteiger partial charge on any atom is -0.455 e. The second-order valence-corrected chi connectivity index (χ2v) is 13.9. The van der Waals surface area contributed by atoms with Crippen molar-refractivity contribution in [1.29, 1.82) is 0 Å². The molecule has 0 saturated heterocycles. The van der Waals surface area contributed by atoms with Crippen molar-refractivity contribution in [3.63, 3.8) is 0 Å². The van der Waals surface area contributed by atoms with Crippen molar-refractivity contribution in [3.05, 3.63) is 188 Å². The molecule has 0 aliphatic carbocycles. The van der Waals surface area contributed by atoms with Crippen molar-refractivity contribution in [2.75, 3.05) is 4.90 Å². The number of anilines is 3. The fourth-order valence-corrected chi connectivity index (χ4v) is 8.76. The second-order valence-electron chi connectivity index (χ2n) is 12.8. The number of hydrogen-bond donors (Lipinski definition) is 0. The Morgan fingerprint density at radius 2 is 0.941 bits per heavy atom. The van der Waals surface area contributed by atoms with Gasteiger partial charge in [0.1, 0.15) is 11.2 Å². The van der Waals surface area contributed by atoms with Crippen LogP contribution in [0, 0.1) is 0 Å². The van der Waals surface area contributed by atoms with Crippen LogP contribution in [0.15, 0.2) is 192 Å². The van der Waals surface area contributed by atoms with Crippen molar-refractivity contribution in [2.24, 2.45) is 0 Å². The molecule has 10 aromatic rings. The number of fused-ring (bicyclic) bond motifs is 6. The Kier molecular flexibility index (Phi) is 7.04. The molecular formula is C48H31NOS. The van der Waals surface area contributed by atoms with Crippen LogP contribution in [-0.2, 0) is 0 Å². The topological polar surface area (TPSA) is 16.4 Å². The number of furan rings is 1. The molecule has 51 heavy (non-hydrogen) atoms. The van der Waals surface area contributed by atoms with E-state index in [4.69, 9.17) is 4.42 Å². The van der Waals surface area contributed by atoms with Crippen molar-refractivity contribution in [3.8, 4) is 33.4 Å². The number of rotatable bonds is 6. The first-order valence-corrected chi connectivity index (χ1v) is 18.1. The molecule has 240 valence electrons. The van der Waals surface area contributed by atoms with Crippen LogP contribution in [0.2, 0.25) is 0 Å². The van der Waals surface area contributed by atoms with E-state index in [-0.39, 0.29) is 0 Å². The molecule has 3 heteroatoms. The summed E-state index contributed by atoms with van der Waals surface area (Å²) in [6.07, 6.45) is 0. The van der Waals surface area contributed by atoms with Crippen LogP contribution in [0.1, 0.15) is 0 Å². The second kappa shape index (κ2) is 12.2. The van der Waals surface area contributed by atoms with Crippen molar-refractivity contribution in [1.82, 2.24) is 0 Å². The van der Waals surface area contributed by atoms with Crippen molar-refractivity contribution in [2.45, 2.75) is 0 Å². The summed E-state index contributed by atoms with van der Waals surface area (Å²) < 4.78 is 9.29. The average Bonchev–Trinajstić information content (AvgIpc) is 3.79. The highest BCUT2D eigenvalue weighted by Gasteiger charge is 2.25. The lowest BCUT2D eigenvalue weighted by Crippen LogP contribution is -2.11. The molecule has 0 aliphatic heterocycles. The summed E-state index contributed by atoms with van der Waals surface area (Å²) in [7, 11) is 0. The van der Waals surface area contributed by atoms with E-state index in [2.05, 4.69) is 193 Å². The van der Waals surface area contributed by atoms with Gasteiger partial charge in [0.25, 0.3) is 0 Å². The average molecular weight is 670 g/mol. The largest absolute Gasteiger partial charge is 0.455 e. The van der Waals surface area contributed by atoms with Crippen LogP contribution in [-0.4, -0.2) is 0 Å². The Morgan fingerprint density at radius 1 is 0.392 bits per heavy atom. The van der Waals surface area contributed by atoms with Crippen LogP contribution < -0.4 is 4.90 Å². The predicted octanol–water partition coefficient (Wildman–Crippen LogP) is 14.4. The maximum absolute atomic E-state index is 6.77. The minimum absolute atomic E-state index is 0.878. The molecule has 2 aromatic heterocycles. The van der Waals surface area contributed by atoms with Gasteiger partial charge in [0.05, 0.1) is 21.5 Å². The number of hydrogen-bond acceptors (Lipinski definition) is 3. The Labute approximate surface area is 300 Å². The van der Waals surface area contributed by atoms with Gasteiger partial charge in [-0.1, -0.05) is 146 Å². The molecule has 0 saturated carbocycles. The molecule has 8 aromatic carbocycles.